The number of nitrogens with one attached hydrogen (secondary N) is 1. The van der Waals surface area contributed by atoms with E-state index in [0.29, 0.717) is 25.0 Å². The fourth-order valence-electron chi connectivity index (χ4n) is 5.46. The highest BCUT2D eigenvalue weighted by Gasteiger charge is 2.54. The number of ether oxygens (including phenoxy) is 2. The minimum absolute atomic E-state index is 0.0572. The molecule has 2 aliphatic rings. The Balaban J connectivity index is 1.52. The van der Waals surface area contributed by atoms with Crippen LogP contribution < -0.4 is 5.32 Å². The van der Waals surface area contributed by atoms with E-state index in [9.17, 15) is 36.3 Å². The van der Waals surface area contributed by atoms with E-state index in [1.807, 2.05) is 0 Å². The number of hydrogen-bond donors (Lipinski definition) is 2. The van der Waals surface area contributed by atoms with Gasteiger partial charge < -0.3 is 19.9 Å². The van der Waals surface area contributed by atoms with Crippen LogP contribution in [0.3, 0.4) is 0 Å². The van der Waals surface area contributed by atoms with Crippen molar-refractivity contribution < 1.29 is 45.8 Å². The van der Waals surface area contributed by atoms with Crippen molar-refractivity contribution in [1.29, 1.82) is 0 Å². The van der Waals surface area contributed by atoms with Crippen molar-refractivity contribution in [2.45, 2.75) is 41.4 Å². The van der Waals surface area contributed by atoms with E-state index in [2.05, 4.69) is 11.9 Å². The summed E-state index contributed by atoms with van der Waals surface area (Å²) in [6, 6.07) is 4.71. The third-order valence-corrected chi connectivity index (χ3v) is 9.88. The van der Waals surface area contributed by atoms with E-state index in [1.54, 1.807) is 0 Å². The van der Waals surface area contributed by atoms with Crippen LogP contribution in [0.15, 0.2) is 47.9 Å². The zero-order valence-corrected chi connectivity index (χ0v) is 22.0. The normalized spacial score (nSPS) is 24.2. The maximum Gasteiger partial charge on any atom is 0.508 e. The molecule has 2 saturated carbocycles. The Kier molecular flexibility index (Phi) is 8.29. The van der Waals surface area contributed by atoms with E-state index < -0.39 is 62.0 Å². The number of aliphatic hydroxyl groups is 1. The fourth-order valence-corrected chi connectivity index (χ4v) is 8.31. The highest BCUT2D eigenvalue weighted by Crippen LogP contribution is 2.51. The lowest BCUT2D eigenvalue weighted by atomic mass is 9.77. The molecule has 0 radical (unpaired) electrons. The van der Waals surface area contributed by atoms with Gasteiger partial charge >= 0.3 is 6.16 Å². The number of carbonyl (C=O) groups is 2. The van der Waals surface area contributed by atoms with Crippen molar-refractivity contribution in [3.63, 3.8) is 0 Å². The summed E-state index contributed by atoms with van der Waals surface area (Å²) in [5.41, 5.74) is -1.96. The third-order valence-electron chi connectivity index (χ3n) is 7.00. The van der Waals surface area contributed by atoms with Crippen molar-refractivity contribution in [3.05, 3.63) is 71.0 Å². The SMILES string of the molecule is C=CCOC(=O)OC[C@]1(O)CC2CCC(C1)[C@H]2S(=O)(=O)c1cc(C(=O)Nc2cc(F)c(F)c(F)c2)ccc1Cl. The molecule has 0 aliphatic heterocycles. The van der Waals surface area contributed by atoms with E-state index in [-0.39, 0.29) is 47.2 Å². The molecular weight excluding hydrogens is 563 g/mol. The first-order valence-electron chi connectivity index (χ1n) is 12.0. The van der Waals surface area contributed by atoms with Crippen LogP contribution in [0.1, 0.15) is 36.0 Å². The van der Waals surface area contributed by atoms with Crippen LogP contribution in [0.2, 0.25) is 5.02 Å². The topological polar surface area (TPSA) is 119 Å². The average molecular weight is 588 g/mol. The van der Waals surface area contributed by atoms with Crippen molar-refractivity contribution >= 4 is 39.2 Å². The maximum atomic E-state index is 13.8. The molecule has 2 atom stereocenters. The Bertz CT molecular complexity index is 1380. The van der Waals surface area contributed by atoms with Gasteiger partial charge in [0.2, 0.25) is 0 Å². The predicted molar refractivity (Wildman–Crippen MR) is 135 cm³/mol. The molecule has 2 bridgehead atoms. The number of benzene rings is 2. The first-order valence-corrected chi connectivity index (χ1v) is 13.9. The lowest BCUT2D eigenvalue weighted by molar-refractivity contribution is -0.0743. The monoisotopic (exact) mass is 587 g/mol. The molecule has 0 heterocycles. The van der Waals surface area contributed by atoms with E-state index >= 15 is 0 Å². The van der Waals surface area contributed by atoms with Crippen molar-refractivity contribution in [1.82, 2.24) is 0 Å². The lowest BCUT2D eigenvalue weighted by Crippen LogP contribution is -2.48. The second kappa shape index (κ2) is 11.2. The number of hydrogen-bond acceptors (Lipinski definition) is 7. The molecule has 2 unspecified atom stereocenters. The molecule has 2 aromatic carbocycles. The Morgan fingerprint density at radius 3 is 2.31 bits per heavy atom. The standard InChI is InChI=1S/C26H25ClF3NO7S/c1-2-7-37-25(33)38-13-26(34)11-15-3-4-16(12-26)23(15)39(35,36)21-8-14(5-6-18(21)27)24(32)31-17-9-19(28)22(30)20(29)10-17/h2,5-6,8-10,15-16,23,34H,1,3-4,7,11-13H2,(H,31,32)/t15?,16?,23-,26-. The molecule has 4 rings (SSSR count). The highest BCUT2D eigenvalue weighted by molar-refractivity contribution is 7.92. The van der Waals surface area contributed by atoms with Crippen molar-refractivity contribution in [2.24, 2.45) is 11.8 Å². The number of rotatable bonds is 8. The highest BCUT2D eigenvalue weighted by atomic mass is 35.5. The Morgan fingerprint density at radius 2 is 1.72 bits per heavy atom. The van der Waals surface area contributed by atoms with Crippen LogP contribution in [0.4, 0.5) is 23.7 Å². The zero-order valence-electron chi connectivity index (χ0n) is 20.5. The summed E-state index contributed by atoms with van der Waals surface area (Å²) in [6.07, 6.45) is 1.52. The van der Waals surface area contributed by atoms with Gasteiger partial charge in [0.25, 0.3) is 5.91 Å². The van der Waals surface area contributed by atoms with Crippen LogP contribution in [0, 0.1) is 29.3 Å². The molecule has 210 valence electrons. The Morgan fingerprint density at radius 1 is 1.10 bits per heavy atom. The van der Waals surface area contributed by atoms with Gasteiger partial charge in [-0.1, -0.05) is 24.3 Å². The number of sulfone groups is 1. The molecule has 13 heteroatoms. The van der Waals surface area contributed by atoms with Gasteiger partial charge in [0.15, 0.2) is 27.3 Å². The second-order valence-electron chi connectivity index (χ2n) is 9.73. The zero-order chi connectivity index (χ0) is 28.5. The van der Waals surface area contributed by atoms with Gasteiger partial charge in [-0.25, -0.2) is 26.4 Å². The van der Waals surface area contributed by atoms with Gasteiger partial charge in [0.1, 0.15) is 13.2 Å². The second-order valence-corrected chi connectivity index (χ2v) is 12.2. The summed E-state index contributed by atoms with van der Waals surface area (Å²) in [5.74, 6) is -6.53. The van der Waals surface area contributed by atoms with Crippen molar-refractivity contribution in [3.8, 4) is 0 Å². The molecule has 8 nitrogen and oxygen atoms in total. The number of anilines is 1. The molecule has 39 heavy (non-hydrogen) atoms. The summed E-state index contributed by atoms with van der Waals surface area (Å²) >= 11 is 6.24. The number of amides is 1. The average Bonchev–Trinajstić information content (AvgIpc) is 3.18. The predicted octanol–water partition coefficient (Wildman–Crippen LogP) is 5.04. The van der Waals surface area contributed by atoms with Gasteiger partial charge in [0.05, 0.1) is 20.8 Å². The molecule has 0 saturated heterocycles. The van der Waals surface area contributed by atoms with E-state index in [0.717, 1.165) is 6.07 Å². The maximum absolute atomic E-state index is 13.8. The third kappa shape index (κ3) is 6.07. The summed E-state index contributed by atoms with van der Waals surface area (Å²) in [4.78, 5) is 24.1. The summed E-state index contributed by atoms with van der Waals surface area (Å²) in [6.45, 7) is 3.00. The molecule has 0 aromatic heterocycles. The van der Waals surface area contributed by atoms with E-state index in [1.165, 1.54) is 18.2 Å². The van der Waals surface area contributed by atoms with E-state index in [4.69, 9.17) is 21.1 Å². The van der Waals surface area contributed by atoms with Crippen LogP contribution in [-0.2, 0) is 19.3 Å². The first-order chi connectivity index (χ1) is 18.3. The fraction of sp³-hybridized carbons (Fsp3) is 0.385. The van der Waals surface area contributed by atoms with Gasteiger partial charge in [-0.05, 0) is 55.7 Å². The smallest absolute Gasteiger partial charge is 0.431 e. The summed E-state index contributed by atoms with van der Waals surface area (Å²) < 4.78 is 77.6. The lowest BCUT2D eigenvalue weighted by Gasteiger charge is -2.40. The summed E-state index contributed by atoms with van der Waals surface area (Å²) in [7, 11) is -4.11. The van der Waals surface area contributed by atoms with Crippen molar-refractivity contribution in [2.75, 3.05) is 18.5 Å². The largest absolute Gasteiger partial charge is 0.508 e. The summed E-state index contributed by atoms with van der Waals surface area (Å²) in [5, 5.41) is 12.2. The number of carbonyl (C=O) groups excluding carboxylic acids is 2. The first kappa shape index (κ1) is 28.9. The molecular formula is C26H25ClF3NO7S. The van der Waals surface area contributed by atoms with Gasteiger partial charge in [0, 0.05) is 23.4 Å². The minimum Gasteiger partial charge on any atom is -0.431 e. The number of fused-ring (bicyclic) bond motifs is 2. The van der Waals surface area contributed by atoms with Gasteiger partial charge in [-0.2, -0.15) is 0 Å². The Hall–Kier alpha value is -3.09. The molecule has 1 amide bonds. The molecule has 2 N–H and O–H groups in total. The number of halogens is 4. The minimum atomic E-state index is -4.11. The van der Waals surface area contributed by atoms with Crippen LogP contribution in [0.5, 0.6) is 0 Å². The quantitative estimate of drug-likeness (QED) is 0.252. The van der Waals surface area contributed by atoms with Crippen LogP contribution in [-0.4, -0.2) is 49.7 Å². The molecule has 2 aliphatic carbocycles. The molecule has 2 aromatic rings. The van der Waals surface area contributed by atoms with Crippen LogP contribution >= 0.6 is 11.6 Å². The van der Waals surface area contributed by atoms with Gasteiger partial charge in [-0.3, -0.25) is 4.79 Å². The molecule has 0 spiro atoms. The molecule has 2 fully saturated rings. The van der Waals surface area contributed by atoms with Crippen LogP contribution in [0.25, 0.3) is 0 Å². The van der Waals surface area contributed by atoms with Gasteiger partial charge in [-0.15, -0.1) is 0 Å². The Labute approximate surface area is 227 Å².